The summed E-state index contributed by atoms with van der Waals surface area (Å²) in [6, 6.07) is 0. The van der Waals surface area contributed by atoms with Crippen LogP contribution < -0.4 is 0 Å². The maximum Gasteiger partial charge on any atom is 0.210 e. The molecule has 0 aromatic carbocycles. The Hall–Kier alpha value is -0.0700. The molecule has 1 unspecified atom stereocenters. The van der Waals surface area contributed by atoms with Gasteiger partial charge >= 0.3 is 0 Å². The van der Waals surface area contributed by atoms with E-state index in [0.717, 1.165) is 6.42 Å². The molecule has 94 valence electrons. The summed E-state index contributed by atoms with van der Waals surface area (Å²) in [6.45, 7) is 4.95. The first-order valence-electron chi connectivity index (χ1n) is 6.54. The highest BCUT2D eigenvalue weighted by Crippen LogP contribution is 2.52. The summed E-state index contributed by atoms with van der Waals surface area (Å²) in [4.78, 5) is 0. The van der Waals surface area contributed by atoms with Crippen molar-refractivity contribution in [2.75, 3.05) is 18.9 Å². The van der Waals surface area contributed by atoms with Gasteiger partial charge in [-0.3, -0.25) is 4.57 Å². The van der Waals surface area contributed by atoms with Crippen LogP contribution in [-0.2, 0) is 9.09 Å². The fraction of sp³-hybridized carbons (Fsp3) is 0.846. The van der Waals surface area contributed by atoms with Crippen molar-refractivity contribution in [3.63, 3.8) is 0 Å². The van der Waals surface area contributed by atoms with Gasteiger partial charge in [0.15, 0.2) is 0 Å². The lowest BCUT2D eigenvalue weighted by atomic mass is 10.1. The quantitative estimate of drug-likeness (QED) is 0.354. The molecule has 0 aromatic rings. The highest BCUT2D eigenvalue weighted by molar-refractivity contribution is 7.59. The Balaban J connectivity index is 1.98. The minimum atomic E-state index is -2.28. The van der Waals surface area contributed by atoms with Gasteiger partial charge in [0.05, 0.1) is 6.61 Å². The van der Waals surface area contributed by atoms with E-state index in [1.165, 1.54) is 37.7 Å². The summed E-state index contributed by atoms with van der Waals surface area (Å²) >= 11 is 0. The van der Waals surface area contributed by atoms with E-state index in [0.29, 0.717) is 18.9 Å². The van der Waals surface area contributed by atoms with Gasteiger partial charge in [-0.1, -0.05) is 50.7 Å². The molecule has 1 rings (SSSR count). The Morgan fingerprint density at radius 3 is 2.56 bits per heavy atom. The van der Waals surface area contributed by atoms with Crippen LogP contribution in [0.2, 0.25) is 0 Å². The third kappa shape index (κ3) is 5.32. The SMILES string of the molecule is CCCCCCCCOP1(=O)CC=C(C)C1. The molecule has 0 aliphatic carbocycles. The molecule has 0 aromatic heterocycles. The highest BCUT2D eigenvalue weighted by Gasteiger charge is 2.26. The minimum absolute atomic E-state index is 0.661. The zero-order valence-corrected chi connectivity index (χ0v) is 11.6. The van der Waals surface area contributed by atoms with Gasteiger partial charge in [0.25, 0.3) is 0 Å². The van der Waals surface area contributed by atoms with Crippen LogP contribution in [0.5, 0.6) is 0 Å². The zero-order chi connectivity index (χ0) is 11.9. The maximum absolute atomic E-state index is 12.1. The highest BCUT2D eigenvalue weighted by atomic mass is 31.2. The predicted molar refractivity (Wildman–Crippen MR) is 70.4 cm³/mol. The van der Waals surface area contributed by atoms with Crippen LogP contribution in [0, 0.1) is 0 Å². The van der Waals surface area contributed by atoms with Crippen molar-refractivity contribution in [3.8, 4) is 0 Å². The smallest absolute Gasteiger partial charge is 0.210 e. The molecule has 1 atom stereocenters. The van der Waals surface area contributed by atoms with Crippen LogP contribution in [0.3, 0.4) is 0 Å². The summed E-state index contributed by atoms with van der Waals surface area (Å²) in [5.41, 5.74) is 1.23. The number of hydrogen-bond donors (Lipinski definition) is 0. The Morgan fingerprint density at radius 2 is 1.94 bits per heavy atom. The fourth-order valence-electron chi connectivity index (χ4n) is 2.02. The van der Waals surface area contributed by atoms with E-state index in [1.54, 1.807) is 0 Å². The molecule has 0 fully saturated rings. The van der Waals surface area contributed by atoms with E-state index in [1.807, 2.05) is 6.92 Å². The average Bonchev–Trinajstić information content (AvgIpc) is 2.58. The minimum Gasteiger partial charge on any atom is -0.328 e. The topological polar surface area (TPSA) is 26.3 Å². The normalized spacial score (nSPS) is 24.8. The van der Waals surface area contributed by atoms with Crippen LogP contribution >= 0.6 is 7.37 Å². The van der Waals surface area contributed by atoms with E-state index in [2.05, 4.69) is 13.0 Å². The number of hydrogen-bond acceptors (Lipinski definition) is 2. The molecule has 0 amide bonds. The molecule has 1 heterocycles. The van der Waals surface area contributed by atoms with Gasteiger partial charge in [-0.25, -0.2) is 0 Å². The monoisotopic (exact) mass is 244 g/mol. The molecular formula is C13H25O2P. The van der Waals surface area contributed by atoms with E-state index in [9.17, 15) is 4.57 Å². The molecule has 0 saturated carbocycles. The van der Waals surface area contributed by atoms with Crippen LogP contribution in [0.1, 0.15) is 52.4 Å². The molecule has 2 nitrogen and oxygen atoms in total. The average molecular weight is 244 g/mol. The fourth-order valence-corrected chi connectivity index (χ4v) is 4.28. The molecule has 1 aliphatic heterocycles. The van der Waals surface area contributed by atoms with Crippen LogP contribution in [-0.4, -0.2) is 18.9 Å². The second-order valence-corrected chi connectivity index (χ2v) is 7.38. The summed E-state index contributed by atoms with van der Waals surface area (Å²) in [7, 11) is -2.28. The lowest BCUT2D eigenvalue weighted by molar-refractivity contribution is 0.305. The van der Waals surface area contributed by atoms with Gasteiger partial charge in [-0.15, -0.1) is 0 Å². The summed E-state index contributed by atoms with van der Waals surface area (Å²) in [6.07, 6.45) is 10.9. The van der Waals surface area contributed by atoms with Gasteiger partial charge in [0.2, 0.25) is 7.37 Å². The summed E-state index contributed by atoms with van der Waals surface area (Å²) in [5.74, 6) is 0. The summed E-state index contributed by atoms with van der Waals surface area (Å²) in [5, 5.41) is 0. The largest absolute Gasteiger partial charge is 0.328 e. The molecule has 0 spiro atoms. The molecule has 1 aliphatic rings. The molecule has 0 N–H and O–H groups in total. The predicted octanol–water partition coefficient (Wildman–Crippen LogP) is 4.60. The molecule has 0 bridgehead atoms. The van der Waals surface area contributed by atoms with Crippen molar-refractivity contribution in [3.05, 3.63) is 11.6 Å². The van der Waals surface area contributed by atoms with Gasteiger partial charge in [-0.05, 0) is 13.3 Å². The van der Waals surface area contributed by atoms with Gasteiger partial charge in [0.1, 0.15) is 0 Å². The standard InChI is InChI=1S/C13H25O2P/c1-3-4-5-6-7-8-10-15-16(14)11-9-13(2)12-16/h9H,3-8,10-12H2,1-2H3. The first kappa shape index (κ1) is 14.0. The summed E-state index contributed by atoms with van der Waals surface area (Å²) < 4.78 is 17.7. The Morgan fingerprint density at radius 1 is 1.25 bits per heavy atom. The second-order valence-electron chi connectivity index (χ2n) is 4.81. The number of rotatable bonds is 8. The Kier molecular flexibility index (Phi) is 6.38. The van der Waals surface area contributed by atoms with Gasteiger partial charge in [-0.2, -0.15) is 0 Å². The molecule has 3 heteroatoms. The number of allylic oxidation sites excluding steroid dienone is 2. The first-order chi connectivity index (χ1) is 7.66. The van der Waals surface area contributed by atoms with Crippen LogP contribution in [0.25, 0.3) is 0 Å². The lowest BCUT2D eigenvalue weighted by Gasteiger charge is -2.12. The molecule has 0 radical (unpaired) electrons. The third-order valence-electron chi connectivity index (χ3n) is 3.03. The van der Waals surface area contributed by atoms with Crippen molar-refractivity contribution in [2.45, 2.75) is 52.4 Å². The van der Waals surface area contributed by atoms with Crippen LogP contribution in [0.4, 0.5) is 0 Å². The van der Waals surface area contributed by atoms with E-state index in [4.69, 9.17) is 4.52 Å². The lowest BCUT2D eigenvalue weighted by Crippen LogP contribution is -1.96. The molecule has 0 saturated heterocycles. The van der Waals surface area contributed by atoms with Crippen molar-refractivity contribution in [1.29, 1.82) is 0 Å². The van der Waals surface area contributed by atoms with Crippen molar-refractivity contribution in [2.24, 2.45) is 0 Å². The van der Waals surface area contributed by atoms with E-state index >= 15 is 0 Å². The second kappa shape index (κ2) is 7.29. The first-order valence-corrected chi connectivity index (χ1v) is 8.54. The molecular weight excluding hydrogens is 219 g/mol. The zero-order valence-electron chi connectivity index (χ0n) is 10.7. The van der Waals surface area contributed by atoms with Crippen molar-refractivity contribution < 1.29 is 9.09 Å². The van der Waals surface area contributed by atoms with Gasteiger partial charge in [0, 0.05) is 12.3 Å². The van der Waals surface area contributed by atoms with Gasteiger partial charge < -0.3 is 4.52 Å². The van der Waals surface area contributed by atoms with Crippen LogP contribution in [0.15, 0.2) is 11.6 Å². The Labute approximate surface area is 99.9 Å². The van der Waals surface area contributed by atoms with E-state index < -0.39 is 7.37 Å². The van der Waals surface area contributed by atoms with Crippen molar-refractivity contribution >= 4 is 7.37 Å². The van der Waals surface area contributed by atoms with Crippen molar-refractivity contribution in [1.82, 2.24) is 0 Å². The maximum atomic E-state index is 12.1. The Bertz CT molecular complexity index is 271. The van der Waals surface area contributed by atoms with E-state index in [-0.39, 0.29) is 0 Å². The number of unbranched alkanes of at least 4 members (excludes halogenated alkanes) is 5. The molecule has 16 heavy (non-hydrogen) atoms. The third-order valence-corrected chi connectivity index (χ3v) is 5.41.